The first-order valence-corrected chi connectivity index (χ1v) is 23.6. The van der Waals surface area contributed by atoms with E-state index in [-0.39, 0.29) is 0 Å². The van der Waals surface area contributed by atoms with Gasteiger partial charge in [-0.15, -0.1) is 0 Å². The summed E-state index contributed by atoms with van der Waals surface area (Å²) in [5.41, 5.74) is 20.9. The van der Waals surface area contributed by atoms with Crippen LogP contribution >= 0.6 is 0 Å². The third kappa shape index (κ3) is 4.87. The van der Waals surface area contributed by atoms with Crippen molar-refractivity contribution in [1.29, 1.82) is 0 Å². The molecule has 0 fully saturated rings. The molecule has 11 aromatic carbocycles. The highest BCUT2D eigenvalue weighted by atomic mass is 16.3. The lowest BCUT2D eigenvalue weighted by molar-refractivity contribution is 0.667. The lowest BCUT2D eigenvalue weighted by Crippen LogP contribution is -2.26. The molecule has 14 aromatic rings. The van der Waals surface area contributed by atoms with Gasteiger partial charge in [-0.2, -0.15) is 0 Å². The molecule has 4 nitrogen and oxygen atoms in total. The first kappa shape index (κ1) is 37.0. The highest BCUT2D eigenvalue weighted by molar-refractivity contribution is 6.33. The minimum Gasteiger partial charge on any atom is -0.456 e. The van der Waals surface area contributed by atoms with Crippen molar-refractivity contribution in [3.8, 4) is 67.2 Å². The van der Waals surface area contributed by atoms with E-state index in [1.807, 2.05) is 12.1 Å². The van der Waals surface area contributed by atoms with Crippen molar-refractivity contribution in [2.24, 2.45) is 0 Å². The molecular formula is C65H36N2O2. The van der Waals surface area contributed by atoms with Crippen molar-refractivity contribution < 1.29 is 8.83 Å². The Kier molecular flexibility index (Phi) is 7.24. The van der Waals surface area contributed by atoms with Crippen LogP contribution in [0.15, 0.2) is 227 Å². The summed E-state index contributed by atoms with van der Waals surface area (Å²) in [6.07, 6.45) is 0. The number of nitrogens with zero attached hydrogens (tertiary/aromatic N) is 2. The van der Waals surface area contributed by atoms with Crippen molar-refractivity contribution in [3.05, 3.63) is 241 Å². The zero-order valence-electron chi connectivity index (χ0n) is 37.0. The van der Waals surface area contributed by atoms with Crippen LogP contribution in [0.1, 0.15) is 22.3 Å². The molecule has 69 heavy (non-hydrogen) atoms. The van der Waals surface area contributed by atoms with Crippen molar-refractivity contribution in [2.45, 2.75) is 5.41 Å². The summed E-state index contributed by atoms with van der Waals surface area (Å²) in [5, 5.41) is 8.24. The van der Waals surface area contributed by atoms with Crippen molar-refractivity contribution in [2.75, 3.05) is 0 Å². The predicted molar refractivity (Wildman–Crippen MR) is 281 cm³/mol. The largest absolute Gasteiger partial charge is 0.456 e. The molecule has 0 amide bonds. The Morgan fingerprint density at radius 2 is 0.928 bits per heavy atom. The standard InChI is InChI=1S/C65H36N2O2/c1-2-14-37(15-3-1)38-16-10-17-40(34-38)61-63-62(49-20-6-9-27-55(49)69-63)67-64(66-61)41-31-33-48-54(36-41)65(51-24-7-4-18-44(51)45-19-5-8-25-52(45)65)53-26-11-21-42(58(48)53)39-30-32-43-46-22-12-28-56-59(46)60-47(50(43)35-39)23-13-29-57(60)68-56/h1-36H. The second kappa shape index (κ2) is 13.5. The average Bonchev–Trinajstić information content (AvgIpc) is 4.16. The monoisotopic (exact) mass is 876 g/mol. The summed E-state index contributed by atoms with van der Waals surface area (Å²) >= 11 is 0. The zero-order chi connectivity index (χ0) is 45.0. The van der Waals surface area contributed by atoms with Crippen LogP contribution in [0, 0.1) is 0 Å². The molecule has 3 aromatic heterocycles. The Balaban J connectivity index is 0.961. The fourth-order valence-corrected chi connectivity index (χ4v) is 12.4. The Morgan fingerprint density at radius 3 is 1.74 bits per heavy atom. The molecule has 1 spiro atoms. The maximum atomic E-state index is 6.65. The average molecular weight is 877 g/mol. The van der Waals surface area contributed by atoms with Gasteiger partial charge in [-0.25, -0.2) is 9.97 Å². The van der Waals surface area contributed by atoms with E-state index < -0.39 is 5.41 Å². The molecule has 16 rings (SSSR count). The fraction of sp³-hybridized carbons (Fsp3) is 0.0154. The van der Waals surface area contributed by atoms with Crippen LogP contribution < -0.4 is 0 Å². The Labute approximate surface area is 395 Å². The van der Waals surface area contributed by atoms with Crippen molar-refractivity contribution in [1.82, 2.24) is 9.97 Å². The Bertz CT molecular complexity index is 4450. The normalized spacial score (nSPS) is 13.3. The molecule has 0 saturated heterocycles. The number of para-hydroxylation sites is 1. The molecular weight excluding hydrogens is 841 g/mol. The molecule has 318 valence electrons. The first-order valence-electron chi connectivity index (χ1n) is 23.6. The summed E-state index contributed by atoms with van der Waals surface area (Å²) in [4.78, 5) is 10.9. The van der Waals surface area contributed by atoms with Crippen LogP contribution in [0.5, 0.6) is 0 Å². The molecule has 0 aliphatic heterocycles. The van der Waals surface area contributed by atoms with Gasteiger partial charge in [0.25, 0.3) is 0 Å². The second-order valence-corrected chi connectivity index (χ2v) is 18.7. The third-order valence-electron chi connectivity index (χ3n) is 15.3. The number of furan rings is 2. The van der Waals surface area contributed by atoms with Gasteiger partial charge in [0.15, 0.2) is 11.4 Å². The van der Waals surface area contributed by atoms with Gasteiger partial charge >= 0.3 is 0 Å². The SMILES string of the molecule is c1ccc(-c2cccc(-c3nc(-c4ccc5c(c4)C4(c6ccccc6-c6ccccc64)c4cccc(-c6ccc7c(c6)c6cccc8oc9cccc7c9c86)c4-5)nc4c3oc3ccccc34)c2)cc1. The highest BCUT2D eigenvalue weighted by Crippen LogP contribution is 2.64. The van der Waals surface area contributed by atoms with Gasteiger partial charge in [0.2, 0.25) is 0 Å². The van der Waals surface area contributed by atoms with Crippen LogP contribution in [0.4, 0.5) is 0 Å². The van der Waals surface area contributed by atoms with Crippen LogP contribution in [-0.2, 0) is 5.41 Å². The highest BCUT2D eigenvalue weighted by Gasteiger charge is 2.52. The molecule has 3 heterocycles. The smallest absolute Gasteiger partial charge is 0.180 e. The van der Waals surface area contributed by atoms with E-state index in [1.165, 1.54) is 88.0 Å². The molecule has 2 aliphatic rings. The summed E-state index contributed by atoms with van der Waals surface area (Å²) in [7, 11) is 0. The van der Waals surface area contributed by atoms with Gasteiger partial charge in [-0.3, -0.25) is 0 Å². The molecule has 0 saturated carbocycles. The molecule has 0 unspecified atom stereocenters. The van der Waals surface area contributed by atoms with E-state index in [2.05, 4.69) is 206 Å². The number of hydrogen-bond donors (Lipinski definition) is 0. The van der Waals surface area contributed by atoms with Gasteiger partial charge in [0.1, 0.15) is 28.0 Å². The van der Waals surface area contributed by atoms with Crippen LogP contribution in [-0.4, -0.2) is 9.97 Å². The molecule has 0 bridgehead atoms. The van der Waals surface area contributed by atoms with E-state index in [0.29, 0.717) is 11.4 Å². The minimum absolute atomic E-state index is 0.593. The van der Waals surface area contributed by atoms with E-state index in [0.717, 1.165) is 55.6 Å². The number of rotatable bonds is 4. The summed E-state index contributed by atoms with van der Waals surface area (Å²) < 4.78 is 13.1. The lowest BCUT2D eigenvalue weighted by atomic mass is 9.70. The van der Waals surface area contributed by atoms with Crippen LogP contribution in [0.2, 0.25) is 0 Å². The quantitative estimate of drug-likeness (QED) is 0.165. The molecule has 0 radical (unpaired) electrons. The topological polar surface area (TPSA) is 52.1 Å². The number of hydrogen-bond acceptors (Lipinski definition) is 4. The van der Waals surface area contributed by atoms with Gasteiger partial charge in [-0.1, -0.05) is 176 Å². The Hall–Kier alpha value is -9.12. The molecule has 4 heteroatoms. The first-order chi connectivity index (χ1) is 34.2. The third-order valence-corrected chi connectivity index (χ3v) is 15.3. The molecule has 0 N–H and O–H groups in total. The fourth-order valence-electron chi connectivity index (χ4n) is 12.4. The number of fused-ring (bicyclic) bond motifs is 16. The van der Waals surface area contributed by atoms with Crippen molar-refractivity contribution in [3.63, 3.8) is 0 Å². The predicted octanol–water partition coefficient (Wildman–Crippen LogP) is 17.0. The van der Waals surface area contributed by atoms with E-state index >= 15 is 0 Å². The zero-order valence-corrected chi connectivity index (χ0v) is 37.0. The number of aromatic nitrogens is 2. The number of benzene rings is 11. The maximum absolute atomic E-state index is 6.65. The van der Waals surface area contributed by atoms with E-state index in [4.69, 9.17) is 18.8 Å². The van der Waals surface area contributed by atoms with Gasteiger partial charge in [-0.05, 0) is 131 Å². The Morgan fingerprint density at radius 1 is 0.319 bits per heavy atom. The minimum atomic E-state index is -0.593. The second-order valence-electron chi connectivity index (χ2n) is 18.7. The lowest BCUT2D eigenvalue weighted by Gasteiger charge is -2.30. The van der Waals surface area contributed by atoms with E-state index in [1.54, 1.807) is 0 Å². The van der Waals surface area contributed by atoms with Gasteiger partial charge in [0.05, 0.1) is 5.41 Å². The summed E-state index contributed by atoms with van der Waals surface area (Å²) in [6.45, 7) is 0. The van der Waals surface area contributed by atoms with Gasteiger partial charge < -0.3 is 8.83 Å². The molecule has 2 aliphatic carbocycles. The summed E-state index contributed by atoms with van der Waals surface area (Å²) in [5.74, 6) is 0.653. The van der Waals surface area contributed by atoms with Crippen LogP contribution in [0.3, 0.4) is 0 Å². The van der Waals surface area contributed by atoms with Crippen molar-refractivity contribution >= 4 is 65.6 Å². The van der Waals surface area contributed by atoms with Gasteiger partial charge in [0, 0.05) is 27.3 Å². The maximum Gasteiger partial charge on any atom is 0.180 e. The summed E-state index contributed by atoms with van der Waals surface area (Å²) in [6, 6.07) is 79.1. The van der Waals surface area contributed by atoms with E-state index in [9.17, 15) is 0 Å². The van der Waals surface area contributed by atoms with Crippen LogP contribution in [0.25, 0.3) is 133 Å². The molecule has 0 atom stereocenters.